The molecule has 0 aliphatic rings. The lowest BCUT2D eigenvalue weighted by Gasteiger charge is -2.29. The van der Waals surface area contributed by atoms with Crippen molar-refractivity contribution < 1.29 is 1.43 Å². The first-order valence-electron chi connectivity index (χ1n) is 4.36. The van der Waals surface area contributed by atoms with Gasteiger partial charge in [-0.25, -0.2) is 0 Å². The summed E-state index contributed by atoms with van der Waals surface area (Å²) < 4.78 is 0. The fourth-order valence-corrected chi connectivity index (χ4v) is 1.13. The van der Waals surface area contributed by atoms with Gasteiger partial charge in [-0.2, -0.15) is 0 Å². The van der Waals surface area contributed by atoms with Crippen molar-refractivity contribution in [2.75, 3.05) is 0 Å². The van der Waals surface area contributed by atoms with Crippen molar-refractivity contribution in [3.05, 3.63) is 35.9 Å². The van der Waals surface area contributed by atoms with Gasteiger partial charge >= 0.3 is 1.43 Å². The van der Waals surface area contributed by atoms with Crippen molar-refractivity contribution in [3.63, 3.8) is 0 Å². The largest absolute Gasteiger partial charge is 1.00 e. The Hall–Kier alpha value is -0.820. The third-order valence-corrected chi connectivity index (χ3v) is 2.66. The minimum absolute atomic E-state index is 0. The quantitative estimate of drug-likeness (QED) is 0.713. The van der Waals surface area contributed by atoms with Crippen LogP contribution >= 0.6 is 0 Å². The fourth-order valence-electron chi connectivity index (χ4n) is 1.13. The molecule has 0 spiro atoms. The molecule has 0 bridgehead atoms. The molecule has 0 radical (unpaired) electrons. The molecule has 2 N–H and O–H groups in total. The lowest BCUT2D eigenvalue weighted by atomic mass is 9.79. The highest BCUT2D eigenvalue weighted by Gasteiger charge is 2.24. The van der Waals surface area contributed by atoms with Crippen molar-refractivity contribution in [1.82, 2.24) is 0 Å². The van der Waals surface area contributed by atoms with Crippen LogP contribution in [0.4, 0.5) is 0 Å². The summed E-state index contributed by atoms with van der Waals surface area (Å²) in [5.41, 5.74) is 7.28. The Morgan fingerprint density at radius 1 is 1.25 bits per heavy atom. The first kappa shape index (κ1) is 9.27. The third kappa shape index (κ3) is 1.67. The minimum Gasteiger partial charge on any atom is -0.327 e. The molecule has 1 atom stereocenters. The van der Waals surface area contributed by atoms with Crippen LogP contribution in [-0.2, 0) is 5.41 Å². The van der Waals surface area contributed by atoms with Gasteiger partial charge in [-0.05, 0) is 12.5 Å². The number of nitrogens with two attached hydrogens (primary N) is 1. The van der Waals surface area contributed by atoms with E-state index in [0.29, 0.717) is 0 Å². The zero-order chi connectivity index (χ0) is 9.19. The first-order valence-corrected chi connectivity index (χ1v) is 4.36. The molecule has 0 aromatic heterocycles. The van der Waals surface area contributed by atoms with Crippen LogP contribution in [-0.4, -0.2) is 6.04 Å². The number of benzene rings is 1. The highest BCUT2D eigenvalue weighted by atomic mass is 14.7. The van der Waals surface area contributed by atoms with Gasteiger partial charge in [0.25, 0.3) is 0 Å². The van der Waals surface area contributed by atoms with Crippen molar-refractivity contribution in [2.45, 2.75) is 32.2 Å². The van der Waals surface area contributed by atoms with Gasteiger partial charge in [-0.1, -0.05) is 44.2 Å². The van der Waals surface area contributed by atoms with Gasteiger partial charge in [0.15, 0.2) is 0 Å². The molecule has 0 aliphatic heterocycles. The lowest BCUT2D eigenvalue weighted by Crippen LogP contribution is -2.38. The Bertz CT molecular complexity index is 242. The predicted octanol–water partition coefficient (Wildman–Crippen LogP) is 2.42. The second-order valence-electron chi connectivity index (χ2n) is 3.88. The van der Waals surface area contributed by atoms with E-state index in [2.05, 4.69) is 38.1 Å². The Morgan fingerprint density at radius 3 is 2.17 bits per heavy atom. The summed E-state index contributed by atoms with van der Waals surface area (Å²) >= 11 is 0. The van der Waals surface area contributed by atoms with Crippen molar-refractivity contribution in [3.8, 4) is 0 Å². The maximum absolute atomic E-state index is 5.90. The van der Waals surface area contributed by atoms with E-state index in [9.17, 15) is 0 Å². The molecule has 1 nitrogen and oxygen atoms in total. The molecule has 1 aromatic carbocycles. The van der Waals surface area contributed by atoms with Crippen molar-refractivity contribution in [2.24, 2.45) is 5.73 Å². The molecule has 1 rings (SSSR count). The number of hydrogen-bond acceptors (Lipinski definition) is 1. The zero-order valence-electron chi connectivity index (χ0n) is 9.04. The van der Waals surface area contributed by atoms with E-state index in [0.717, 1.165) is 0 Å². The third-order valence-electron chi connectivity index (χ3n) is 2.66. The highest BCUT2D eigenvalue weighted by molar-refractivity contribution is 5.25. The molecule has 1 heteroatoms. The van der Waals surface area contributed by atoms with Crippen molar-refractivity contribution in [1.29, 1.82) is 0 Å². The van der Waals surface area contributed by atoms with Gasteiger partial charge in [0.05, 0.1) is 0 Å². The molecule has 12 heavy (non-hydrogen) atoms. The fraction of sp³-hybridized carbons (Fsp3) is 0.455. The van der Waals surface area contributed by atoms with Crippen LogP contribution in [0, 0.1) is 0 Å². The van der Waals surface area contributed by atoms with E-state index in [1.165, 1.54) is 5.56 Å². The van der Waals surface area contributed by atoms with Gasteiger partial charge in [0.1, 0.15) is 0 Å². The minimum atomic E-state index is 0. The molecular formula is C11H18N+. The highest BCUT2D eigenvalue weighted by Crippen LogP contribution is 2.25. The smallest absolute Gasteiger partial charge is 0.327 e. The normalized spacial score (nSPS) is 14.3. The van der Waals surface area contributed by atoms with Gasteiger partial charge in [0.2, 0.25) is 0 Å². The first-order chi connectivity index (χ1) is 5.55. The molecule has 0 saturated carbocycles. The van der Waals surface area contributed by atoms with Gasteiger partial charge < -0.3 is 5.73 Å². The van der Waals surface area contributed by atoms with Gasteiger partial charge in [-0.3, -0.25) is 0 Å². The summed E-state index contributed by atoms with van der Waals surface area (Å²) in [6, 6.07) is 10.6. The van der Waals surface area contributed by atoms with E-state index in [1.54, 1.807) is 0 Å². The van der Waals surface area contributed by atoms with Crippen LogP contribution in [0.25, 0.3) is 0 Å². The van der Waals surface area contributed by atoms with Gasteiger partial charge in [0, 0.05) is 11.5 Å². The topological polar surface area (TPSA) is 26.0 Å². The van der Waals surface area contributed by atoms with Crippen molar-refractivity contribution >= 4 is 0 Å². The Balaban J connectivity index is 0.00000144. The molecule has 0 aliphatic carbocycles. The molecule has 0 saturated heterocycles. The monoisotopic (exact) mass is 164 g/mol. The molecule has 0 amide bonds. The summed E-state index contributed by atoms with van der Waals surface area (Å²) in [4.78, 5) is 0. The average Bonchev–Trinajstić information content (AvgIpc) is 2.06. The number of rotatable bonds is 2. The summed E-state index contributed by atoms with van der Waals surface area (Å²) in [6.07, 6.45) is 0. The Morgan fingerprint density at radius 2 is 1.75 bits per heavy atom. The van der Waals surface area contributed by atoms with E-state index < -0.39 is 0 Å². The molecule has 66 valence electrons. The maximum Gasteiger partial charge on any atom is 1.00 e. The SMILES string of the molecule is CC(N)C(C)(C)c1ccccc1.[H+]. The van der Waals surface area contributed by atoms with E-state index in [-0.39, 0.29) is 12.9 Å². The second-order valence-corrected chi connectivity index (χ2v) is 3.88. The molecule has 1 unspecified atom stereocenters. The second kappa shape index (κ2) is 3.28. The van der Waals surface area contributed by atoms with Crippen LogP contribution in [0.1, 0.15) is 27.8 Å². The molecule has 0 heterocycles. The van der Waals surface area contributed by atoms with E-state index >= 15 is 0 Å². The zero-order valence-corrected chi connectivity index (χ0v) is 8.04. The molecule has 1 aromatic rings. The van der Waals surface area contributed by atoms with E-state index in [4.69, 9.17) is 5.73 Å². The Labute approximate surface area is 76.1 Å². The summed E-state index contributed by atoms with van der Waals surface area (Å²) in [5, 5.41) is 0. The van der Waals surface area contributed by atoms with E-state index in [1.807, 2.05) is 13.0 Å². The standard InChI is InChI=1S/C11H17N/c1-9(12)11(2,3)10-7-5-4-6-8-10/h4-9H,12H2,1-3H3/p+1. The Kier molecular flexibility index (Phi) is 2.53. The maximum atomic E-state index is 5.90. The van der Waals surface area contributed by atoms with Crippen LogP contribution < -0.4 is 5.73 Å². The molecular weight excluding hydrogens is 146 g/mol. The predicted molar refractivity (Wildman–Crippen MR) is 54.2 cm³/mol. The number of hydrogen-bond donors (Lipinski definition) is 1. The lowest BCUT2D eigenvalue weighted by molar-refractivity contribution is 0.434. The van der Waals surface area contributed by atoms with Gasteiger partial charge in [-0.15, -0.1) is 0 Å². The van der Waals surface area contributed by atoms with Crippen LogP contribution in [0.2, 0.25) is 0 Å². The average molecular weight is 164 g/mol. The van der Waals surface area contributed by atoms with Crippen LogP contribution in [0.15, 0.2) is 30.3 Å². The summed E-state index contributed by atoms with van der Waals surface area (Å²) in [6.45, 7) is 6.40. The van der Waals surface area contributed by atoms with Crippen LogP contribution in [0.3, 0.4) is 0 Å². The summed E-state index contributed by atoms with van der Waals surface area (Å²) in [5.74, 6) is 0. The van der Waals surface area contributed by atoms with Crippen LogP contribution in [0.5, 0.6) is 0 Å². The summed E-state index contributed by atoms with van der Waals surface area (Å²) in [7, 11) is 0. The molecule has 0 fully saturated rings.